The standard InChI is InChI=1S/C17H25N3O2/c1-19(15-5-3-2-4-6-15)17(21)14-7-8-18-16(13-14)20-9-11-22-12-10-20/h7-8,13,15H,2-6,9-12H2,1H3. The van der Waals surface area contributed by atoms with Crippen LogP contribution in [0, 0.1) is 0 Å². The minimum atomic E-state index is 0.115. The minimum absolute atomic E-state index is 0.115. The van der Waals surface area contributed by atoms with E-state index >= 15 is 0 Å². The Labute approximate surface area is 132 Å². The first-order valence-electron chi connectivity index (χ1n) is 8.31. The van der Waals surface area contributed by atoms with E-state index in [0.717, 1.165) is 50.5 Å². The van der Waals surface area contributed by atoms with E-state index in [1.165, 1.54) is 19.3 Å². The van der Waals surface area contributed by atoms with Gasteiger partial charge in [0.1, 0.15) is 5.82 Å². The fraction of sp³-hybridized carbons (Fsp3) is 0.647. The molecule has 1 amide bonds. The van der Waals surface area contributed by atoms with Gasteiger partial charge in [-0.2, -0.15) is 0 Å². The molecule has 1 aliphatic carbocycles. The highest BCUT2D eigenvalue weighted by molar-refractivity contribution is 5.94. The predicted octanol–water partition coefficient (Wildman–Crippen LogP) is 2.32. The van der Waals surface area contributed by atoms with E-state index in [-0.39, 0.29) is 5.91 Å². The number of aromatic nitrogens is 1. The second kappa shape index (κ2) is 7.09. The van der Waals surface area contributed by atoms with E-state index in [1.807, 2.05) is 24.1 Å². The molecular weight excluding hydrogens is 278 g/mol. The number of rotatable bonds is 3. The van der Waals surface area contributed by atoms with Crippen molar-refractivity contribution in [3.05, 3.63) is 23.9 Å². The van der Waals surface area contributed by atoms with Crippen molar-refractivity contribution in [3.63, 3.8) is 0 Å². The number of ether oxygens (including phenoxy) is 1. The average Bonchev–Trinajstić information content (AvgIpc) is 2.62. The Morgan fingerprint density at radius 3 is 2.73 bits per heavy atom. The third-order valence-electron chi connectivity index (χ3n) is 4.77. The second-order valence-corrected chi connectivity index (χ2v) is 6.21. The molecule has 1 saturated heterocycles. The summed E-state index contributed by atoms with van der Waals surface area (Å²) >= 11 is 0. The molecule has 0 radical (unpaired) electrons. The monoisotopic (exact) mass is 303 g/mol. The Kier molecular flexibility index (Phi) is 4.93. The number of amides is 1. The van der Waals surface area contributed by atoms with E-state index in [1.54, 1.807) is 6.20 Å². The molecule has 3 rings (SSSR count). The van der Waals surface area contributed by atoms with E-state index < -0.39 is 0 Å². The first-order valence-corrected chi connectivity index (χ1v) is 8.31. The lowest BCUT2D eigenvalue weighted by molar-refractivity contribution is 0.0696. The first-order chi connectivity index (χ1) is 10.8. The van der Waals surface area contributed by atoms with Crippen LogP contribution in [0.25, 0.3) is 0 Å². The highest BCUT2D eigenvalue weighted by atomic mass is 16.5. The Morgan fingerprint density at radius 2 is 2.00 bits per heavy atom. The lowest BCUT2D eigenvalue weighted by Crippen LogP contribution is -2.39. The number of anilines is 1. The predicted molar refractivity (Wildman–Crippen MR) is 86.2 cm³/mol. The van der Waals surface area contributed by atoms with Gasteiger partial charge < -0.3 is 14.5 Å². The topological polar surface area (TPSA) is 45.7 Å². The highest BCUT2D eigenvalue weighted by Gasteiger charge is 2.23. The van der Waals surface area contributed by atoms with Crippen molar-refractivity contribution in [2.24, 2.45) is 0 Å². The van der Waals surface area contributed by atoms with Gasteiger partial charge in [-0.25, -0.2) is 4.98 Å². The molecule has 0 aromatic carbocycles. The maximum atomic E-state index is 12.7. The van der Waals surface area contributed by atoms with E-state index in [2.05, 4.69) is 9.88 Å². The molecule has 2 fully saturated rings. The molecule has 5 nitrogen and oxygen atoms in total. The van der Waals surface area contributed by atoms with Crippen LogP contribution in [0.5, 0.6) is 0 Å². The third kappa shape index (κ3) is 3.40. The van der Waals surface area contributed by atoms with Crippen LogP contribution in [0.1, 0.15) is 42.5 Å². The SMILES string of the molecule is CN(C(=O)c1ccnc(N2CCOCC2)c1)C1CCCCC1. The molecule has 0 bridgehead atoms. The number of hydrogen-bond donors (Lipinski definition) is 0. The van der Waals surface area contributed by atoms with Gasteiger partial charge in [0.25, 0.3) is 5.91 Å². The molecule has 0 spiro atoms. The van der Waals surface area contributed by atoms with Crippen molar-refractivity contribution in [1.82, 2.24) is 9.88 Å². The molecule has 1 aromatic rings. The van der Waals surface area contributed by atoms with Crippen LogP contribution in [-0.4, -0.2) is 55.2 Å². The van der Waals surface area contributed by atoms with Crippen LogP contribution in [0.15, 0.2) is 18.3 Å². The zero-order valence-corrected chi connectivity index (χ0v) is 13.3. The molecule has 0 N–H and O–H groups in total. The summed E-state index contributed by atoms with van der Waals surface area (Å²) in [4.78, 5) is 21.3. The minimum Gasteiger partial charge on any atom is -0.378 e. The summed E-state index contributed by atoms with van der Waals surface area (Å²) in [5.41, 5.74) is 0.740. The van der Waals surface area contributed by atoms with Gasteiger partial charge in [0.15, 0.2) is 0 Å². The average molecular weight is 303 g/mol. The molecule has 22 heavy (non-hydrogen) atoms. The van der Waals surface area contributed by atoms with Crippen molar-refractivity contribution in [2.75, 3.05) is 38.3 Å². The van der Waals surface area contributed by atoms with Gasteiger partial charge in [-0.3, -0.25) is 4.79 Å². The summed E-state index contributed by atoms with van der Waals surface area (Å²) in [7, 11) is 1.94. The van der Waals surface area contributed by atoms with Crippen LogP contribution >= 0.6 is 0 Å². The molecule has 1 aromatic heterocycles. The number of morpholine rings is 1. The number of pyridine rings is 1. The Bertz CT molecular complexity index is 508. The van der Waals surface area contributed by atoms with Gasteiger partial charge in [-0.1, -0.05) is 19.3 Å². The molecule has 2 aliphatic rings. The largest absolute Gasteiger partial charge is 0.378 e. The molecule has 0 atom stereocenters. The molecule has 0 unspecified atom stereocenters. The van der Waals surface area contributed by atoms with Gasteiger partial charge in [-0.05, 0) is 25.0 Å². The molecule has 120 valence electrons. The smallest absolute Gasteiger partial charge is 0.254 e. The van der Waals surface area contributed by atoms with Crippen molar-refractivity contribution in [2.45, 2.75) is 38.1 Å². The summed E-state index contributed by atoms with van der Waals surface area (Å²) in [6.07, 6.45) is 7.77. The number of nitrogens with zero attached hydrogens (tertiary/aromatic N) is 3. The second-order valence-electron chi connectivity index (χ2n) is 6.21. The maximum absolute atomic E-state index is 12.7. The summed E-state index contributed by atoms with van der Waals surface area (Å²) in [6.45, 7) is 3.12. The zero-order chi connectivity index (χ0) is 15.4. The number of hydrogen-bond acceptors (Lipinski definition) is 4. The summed E-state index contributed by atoms with van der Waals surface area (Å²) in [6, 6.07) is 4.14. The van der Waals surface area contributed by atoms with Gasteiger partial charge in [-0.15, -0.1) is 0 Å². The number of carbonyl (C=O) groups is 1. The molecule has 1 saturated carbocycles. The van der Waals surface area contributed by atoms with Gasteiger partial charge in [0.05, 0.1) is 13.2 Å². The Morgan fingerprint density at radius 1 is 1.27 bits per heavy atom. The van der Waals surface area contributed by atoms with Crippen molar-refractivity contribution < 1.29 is 9.53 Å². The van der Waals surface area contributed by atoms with Crippen molar-refractivity contribution >= 4 is 11.7 Å². The summed E-state index contributed by atoms with van der Waals surface area (Å²) in [5.74, 6) is 0.995. The van der Waals surface area contributed by atoms with Crippen LogP contribution in [0.2, 0.25) is 0 Å². The fourth-order valence-corrected chi connectivity index (χ4v) is 3.35. The zero-order valence-electron chi connectivity index (χ0n) is 13.3. The third-order valence-corrected chi connectivity index (χ3v) is 4.77. The van der Waals surface area contributed by atoms with Crippen LogP contribution in [-0.2, 0) is 4.74 Å². The molecule has 5 heteroatoms. The summed E-state index contributed by atoms with van der Waals surface area (Å²) in [5, 5.41) is 0. The highest BCUT2D eigenvalue weighted by Crippen LogP contribution is 2.23. The summed E-state index contributed by atoms with van der Waals surface area (Å²) < 4.78 is 5.37. The molecule has 2 heterocycles. The van der Waals surface area contributed by atoms with E-state index in [9.17, 15) is 4.79 Å². The first kappa shape index (κ1) is 15.3. The van der Waals surface area contributed by atoms with Crippen LogP contribution < -0.4 is 4.90 Å². The Hall–Kier alpha value is -1.62. The lowest BCUT2D eigenvalue weighted by atomic mass is 9.94. The van der Waals surface area contributed by atoms with Crippen molar-refractivity contribution in [3.8, 4) is 0 Å². The fourth-order valence-electron chi connectivity index (χ4n) is 3.35. The number of carbonyl (C=O) groups excluding carboxylic acids is 1. The van der Waals surface area contributed by atoms with E-state index in [4.69, 9.17) is 4.74 Å². The maximum Gasteiger partial charge on any atom is 0.254 e. The Balaban J connectivity index is 1.71. The van der Waals surface area contributed by atoms with Crippen LogP contribution in [0.4, 0.5) is 5.82 Å². The molecule has 1 aliphatic heterocycles. The van der Waals surface area contributed by atoms with Gasteiger partial charge >= 0.3 is 0 Å². The quantitative estimate of drug-likeness (QED) is 0.860. The molecular formula is C17H25N3O2. The normalized spacial score (nSPS) is 20.0. The van der Waals surface area contributed by atoms with Gasteiger partial charge in [0, 0.05) is 37.9 Å². The van der Waals surface area contributed by atoms with Gasteiger partial charge in [0.2, 0.25) is 0 Å². The van der Waals surface area contributed by atoms with Crippen molar-refractivity contribution in [1.29, 1.82) is 0 Å². The van der Waals surface area contributed by atoms with Crippen LogP contribution in [0.3, 0.4) is 0 Å². The lowest BCUT2D eigenvalue weighted by Gasteiger charge is -2.32. The van der Waals surface area contributed by atoms with E-state index in [0.29, 0.717) is 6.04 Å².